The van der Waals surface area contributed by atoms with Crippen LogP contribution in [0.25, 0.3) is 5.69 Å². The van der Waals surface area contributed by atoms with Crippen molar-refractivity contribution < 1.29 is 0 Å². The van der Waals surface area contributed by atoms with Gasteiger partial charge >= 0.3 is 0 Å². The smallest absolute Gasteiger partial charge is 0.0991 e. The van der Waals surface area contributed by atoms with Crippen LogP contribution in [0.15, 0.2) is 36.5 Å². The summed E-state index contributed by atoms with van der Waals surface area (Å²) < 4.78 is 2.21. The molecule has 102 valence electrons. The number of aromatic nitrogens is 1. The summed E-state index contributed by atoms with van der Waals surface area (Å²) in [5, 5.41) is 8.88. The molecule has 1 unspecified atom stereocenters. The van der Waals surface area contributed by atoms with Crippen LogP contribution < -0.4 is 5.73 Å². The largest absolute Gasteiger partial charge is 0.324 e. The quantitative estimate of drug-likeness (QED) is 0.860. The second kappa shape index (κ2) is 4.50. The van der Waals surface area contributed by atoms with E-state index >= 15 is 0 Å². The second-order valence-electron chi connectivity index (χ2n) is 6.40. The first-order valence-electron chi connectivity index (χ1n) is 6.96. The molecule has 1 aliphatic carbocycles. The van der Waals surface area contributed by atoms with E-state index in [2.05, 4.69) is 36.7 Å². The van der Waals surface area contributed by atoms with E-state index in [0.717, 1.165) is 18.5 Å². The maximum absolute atomic E-state index is 8.88. The summed E-state index contributed by atoms with van der Waals surface area (Å²) in [6.45, 7) is 4.54. The van der Waals surface area contributed by atoms with Gasteiger partial charge in [-0.05, 0) is 54.2 Å². The molecule has 3 nitrogen and oxygen atoms in total. The molecule has 0 spiro atoms. The summed E-state index contributed by atoms with van der Waals surface area (Å²) in [4.78, 5) is 0. The van der Waals surface area contributed by atoms with Gasteiger partial charge in [0.15, 0.2) is 0 Å². The van der Waals surface area contributed by atoms with Crippen LogP contribution in [0.3, 0.4) is 0 Å². The van der Waals surface area contributed by atoms with E-state index in [1.54, 1.807) is 0 Å². The third-order valence-electron chi connectivity index (χ3n) is 4.12. The molecule has 20 heavy (non-hydrogen) atoms. The predicted octanol–water partition coefficient (Wildman–Crippen LogP) is 3.32. The zero-order chi connectivity index (χ0) is 14.3. The molecule has 1 aromatic carbocycles. The lowest BCUT2D eigenvalue weighted by Gasteiger charge is -2.34. The van der Waals surface area contributed by atoms with Crippen molar-refractivity contribution in [3.63, 3.8) is 0 Å². The summed E-state index contributed by atoms with van der Waals surface area (Å²) in [6, 6.07) is 12.1. The molecular formula is C17H19N3. The zero-order valence-corrected chi connectivity index (χ0v) is 11.9. The first-order chi connectivity index (χ1) is 9.50. The number of nitrogens with zero attached hydrogens (tertiary/aromatic N) is 2. The number of fused-ring (bicyclic) bond motifs is 1. The Morgan fingerprint density at radius 3 is 2.60 bits per heavy atom. The van der Waals surface area contributed by atoms with Crippen LogP contribution in [-0.2, 0) is 6.42 Å². The van der Waals surface area contributed by atoms with E-state index < -0.39 is 0 Å². The number of benzene rings is 1. The highest BCUT2D eigenvalue weighted by molar-refractivity contribution is 5.44. The van der Waals surface area contributed by atoms with Crippen molar-refractivity contribution in [1.29, 1.82) is 5.26 Å². The van der Waals surface area contributed by atoms with Crippen LogP contribution in [0.1, 0.15) is 43.1 Å². The number of rotatable bonds is 1. The molecule has 0 saturated carbocycles. The molecule has 0 bridgehead atoms. The SMILES string of the molecule is CC1(C)Cc2c(ccn2-c2ccc(C#N)cc2)C(N)C1. The van der Waals surface area contributed by atoms with Gasteiger partial charge in [0.25, 0.3) is 0 Å². The molecule has 0 aliphatic heterocycles. The standard InChI is InChI=1S/C17H19N3/c1-17(2)9-15(19)14-7-8-20(16(14)10-17)13-5-3-12(11-18)4-6-13/h3-8,15H,9-10,19H2,1-2H3. The Labute approximate surface area is 119 Å². The highest BCUT2D eigenvalue weighted by atomic mass is 15.0. The van der Waals surface area contributed by atoms with E-state index in [4.69, 9.17) is 11.0 Å². The molecule has 1 heterocycles. The lowest BCUT2D eigenvalue weighted by atomic mass is 9.74. The summed E-state index contributed by atoms with van der Waals surface area (Å²) in [5.41, 5.74) is 10.9. The van der Waals surface area contributed by atoms with Crippen LogP contribution in [0.2, 0.25) is 0 Å². The van der Waals surface area contributed by atoms with Crippen LogP contribution in [-0.4, -0.2) is 4.57 Å². The van der Waals surface area contributed by atoms with Gasteiger partial charge in [-0.1, -0.05) is 13.8 Å². The topological polar surface area (TPSA) is 54.7 Å². The molecular weight excluding hydrogens is 246 g/mol. The fourth-order valence-corrected chi connectivity index (χ4v) is 3.17. The molecule has 1 aromatic heterocycles. The van der Waals surface area contributed by atoms with Crippen LogP contribution in [0.4, 0.5) is 0 Å². The number of nitrogens with two attached hydrogens (primary N) is 1. The van der Waals surface area contributed by atoms with E-state index in [1.165, 1.54) is 11.3 Å². The molecule has 0 fully saturated rings. The first kappa shape index (κ1) is 13.0. The minimum Gasteiger partial charge on any atom is -0.324 e. The minimum absolute atomic E-state index is 0.119. The van der Waals surface area contributed by atoms with E-state index in [0.29, 0.717) is 5.56 Å². The highest BCUT2D eigenvalue weighted by Crippen LogP contribution is 2.40. The van der Waals surface area contributed by atoms with Crippen molar-refractivity contribution >= 4 is 0 Å². The van der Waals surface area contributed by atoms with Gasteiger partial charge in [0, 0.05) is 23.6 Å². The van der Waals surface area contributed by atoms with Gasteiger partial charge in [-0.15, -0.1) is 0 Å². The van der Waals surface area contributed by atoms with Crippen molar-refractivity contribution in [3.05, 3.63) is 53.3 Å². The lowest BCUT2D eigenvalue weighted by molar-refractivity contribution is 0.278. The van der Waals surface area contributed by atoms with Gasteiger partial charge in [0.05, 0.1) is 11.6 Å². The van der Waals surface area contributed by atoms with Crippen molar-refractivity contribution in [2.75, 3.05) is 0 Å². The van der Waals surface area contributed by atoms with Crippen molar-refractivity contribution in [2.45, 2.75) is 32.7 Å². The molecule has 1 aliphatic rings. The summed E-state index contributed by atoms with van der Waals surface area (Å²) in [7, 11) is 0. The van der Waals surface area contributed by atoms with Crippen molar-refractivity contribution in [1.82, 2.24) is 4.57 Å². The number of nitriles is 1. The normalized spacial score (nSPS) is 20.2. The Morgan fingerprint density at radius 1 is 1.25 bits per heavy atom. The van der Waals surface area contributed by atoms with E-state index in [9.17, 15) is 0 Å². The fraction of sp³-hybridized carbons (Fsp3) is 0.353. The van der Waals surface area contributed by atoms with Gasteiger partial charge in [0.2, 0.25) is 0 Å². The molecule has 3 heteroatoms. The van der Waals surface area contributed by atoms with Gasteiger partial charge in [-0.25, -0.2) is 0 Å². The molecule has 0 saturated heterocycles. The van der Waals surface area contributed by atoms with Gasteiger partial charge in [-0.2, -0.15) is 5.26 Å². The molecule has 0 radical (unpaired) electrons. The Bertz CT molecular complexity index is 671. The van der Waals surface area contributed by atoms with Crippen molar-refractivity contribution in [3.8, 4) is 11.8 Å². The maximum Gasteiger partial charge on any atom is 0.0991 e. The lowest BCUT2D eigenvalue weighted by Crippen LogP contribution is -2.30. The monoisotopic (exact) mass is 265 g/mol. The number of hydrogen-bond donors (Lipinski definition) is 1. The Kier molecular flexibility index (Phi) is 2.92. The molecule has 0 amide bonds. The average Bonchev–Trinajstić information content (AvgIpc) is 2.81. The van der Waals surface area contributed by atoms with Gasteiger partial charge in [-0.3, -0.25) is 0 Å². The third kappa shape index (κ3) is 2.13. The molecule has 2 aromatic rings. The van der Waals surface area contributed by atoms with E-state index in [-0.39, 0.29) is 11.5 Å². The molecule has 2 N–H and O–H groups in total. The third-order valence-corrected chi connectivity index (χ3v) is 4.12. The Morgan fingerprint density at radius 2 is 1.95 bits per heavy atom. The number of hydrogen-bond acceptors (Lipinski definition) is 2. The summed E-state index contributed by atoms with van der Waals surface area (Å²) >= 11 is 0. The zero-order valence-electron chi connectivity index (χ0n) is 11.9. The van der Waals surface area contributed by atoms with Gasteiger partial charge < -0.3 is 10.3 Å². The second-order valence-corrected chi connectivity index (χ2v) is 6.40. The average molecular weight is 265 g/mol. The maximum atomic E-state index is 8.88. The van der Waals surface area contributed by atoms with E-state index in [1.807, 2.05) is 24.3 Å². The Balaban J connectivity index is 2.06. The van der Waals surface area contributed by atoms with Gasteiger partial charge in [0.1, 0.15) is 0 Å². The Hall–Kier alpha value is -2.05. The molecule has 3 rings (SSSR count). The predicted molar refractivity (Wildman–Crippen MR) is 79.5 cm³/mol. The minimum atomic E-state index is 0.119. The summed E-state index contributed by atoms with van der Waals surface area (Å²) in [6.07, 6.45) is 4.15. The first-order valence-corrected chi connectivity index (χ1v) is 6.96. The van der Waals surface area contributed by atoms with Crippen LogP contribution >= 0.6 is 0 Å². The van der Waals surface area contributed by atoms with Crippen LogP contribution in [0.5, 0.6) is 0 Å². The highest BCUT2D eigenvalue weighted by Gasteiger charge is 2.32. The van der Waals surface area contributed by atoms with Crippen molar-refractivity contribution in [2.24, 2.45) is 11.1 Å². The fourth-order valence-electron chi connectivity index (χ4n) is 3.17. The summed E-state index contributed by atoms with van der Waals surface area (Å²) in [5.74, 6) is 0. The van der Waals surface area contributed by atoms with Crippen LogP contribution in [0, 0.1) is 16.7 Å². The molecule has 1 atom stereocenters.